The maximum absolute atomic E-state index is 11.0. The first kappa shape index (κ1) is 15.3. The van der Waals surface area contributed by atoms with E-state index < -0.39 is 5.97 Å². The number of hydrogen-bond acceptors (Lipinski definition) is 4. The van der Waals surface area contributed by atoms with Crippen molar-refractivity contribution in [3.63, 3.8) is 0 Å². The van der Waals surface area contributed by atoms with Crippen molar-refractivity contribution >= 4 is 29.2 Å². The smallest absolute Gasteiger partial charge is 0.545 e. The summed E-state index contributed by atoms with van der Waals surface area (Å²) in [6.07, 6.45) is 0.506. The van der Waals surface area contributed by atoms with Crippen LogP contribution in [0.4, 0.5) is 5.69 Å². The Kier molecular flexibility index (Phi) is 5.04. The maximum atomic E-state index is 11.0. The first-order chi connectivity index (χ1) is 8.00. The van der Waals surface area contributed by atoms with Crippen LogP contribution in [0.3, 0.4) is 0 Å². The van der Waals surface area contributed by atoms with E-state index in [9.17, 15) is 14.7 Å². The molecule has 2 rings (SSSR count). The first-order valence-electron chi connectivity index (χ1n) is 4.98. The maximum Gasteiger partial charge on any atom is 1.00 e. The number of benzene rings is 1. The molecule has 0 bridgehead atoms. The van der Waals surface area contributed by atoms with E-state index in [0.717, 1.165) is 0 Å². The summed E-state index contributed by atoms with van der Waals surface area (Å²) in [5.74, 6) is -1.39. The Bertz CT molecular complexity index is 518. The number of rotatable bonds is 2. The Morgan fingerprint density at radius 1 is 1.50 bits per heavy atom. The molecule has 0 saturated heterocycles. The molecule has 0 unspecified atom stereocenters. The molecule has 5 nitrogen and oxygen atoms in total. The second-order valence-corrected chi connectivity index (χ2v) is 4.06. The molecule has 18 heavy (non-hydrogen) atoms. The topological polar surface area (TPSA) is 78.5 Å². The largest absolute Gasteiger partial charge is 1.00 e. The molecule has 0 radical (unpaired) electrons. The summed E-state index contributed by atoms with van der Waals surface area (Å²) in [5.41, 5.74) is 0.931. The predicted molar refractivity (Wildman–Crippen MR) is 59.3 cm³/mol. The van der Waals surface area contributed by atoms with E-state index in [4.69, 9.17) is 16.3 Å². The van der Waals surface area contributed by atoms with Crippen LogP contribution >= 0.6 is 11.6 Å². The van der Waals surface area contributed by atoms with E-state index in [0.29, 0.717) is 24.3 Å². The molecule has 0 aliphatic carbocycles. The predicted octanol–water partition coefficient (Wildman–Crippen LogP) is -2.40. The molecule has 0 aromatic heterocycles. The quantitative estimate of drug-likeness (QED) is 0.612. The minimum Gasteiger partial charge on any atom is -0.545 e. The second kappa shape index (κ2) is 5.93. The van der Waals surface area contributed by atoms with Crippen molar-refractivity contribution in [1.29, 1.82) is 0 Å². The van der Waals surface area contributed by atoms with Gasteiger partial charge in [-0.05, 0) is 6.07 Å². The van der Waals surface area contributed by atoms with E-state index >= 15 is 0 Å². The van der Waals surface area contributed by atoms with Crippen molar-refractivity contribution in [2.75, 3.05) is 11.9 Å². The number of carboxylic acid groups (broad SMARTS) is 1. The van der Waals surface area contributed by atoms with Crippen LogP contribution in [-0.4, -0.2) is 18.5 Å². The molecule has 1 aliphatic rings. The van der Waals surface area contributed by atoms with Crippen molar-refractivity contribution in [3.8, 4) is 5.75 Å². The molecule has 90 valence electrons. The molecule has 1 aromatic carbocycles. The van der Waals surface area contributed by atoms with Gasteiger partial charge in [0, 0.05) is 24.5 Å². The van der Waals surface area contributed by atoms with Gasteiger partial charge in [-0.25, -0.2) is 0 Å². The zero-order chi connectivity index (χ0) is 12.6. The van der Waals surface area contributed by atoms with Gasteiger partial charge in [-0.3, -0.25) is 4.79 Å². The van der Waals surface area contributed by atoms with Gasteiger partial charge < -0.3 is 20.0 Å². The van der Waals surface area contributed by atoms with Crippen molar-refractivity contribution < 1.29 is 49.0 Å². The Morgan fingerprint density at radius 2 is 2.17 bits per heavy atom. The number of ether oxygens (including phenoxy) is 1. The summed E-state index contributed by atoms with van der Waals surface area (Å²) >= 11 is 5.94. The van der Waals surface area contributed by atoms with Gasteiger partial charge in [0.1, 0.15) is 5.75 Å². The van der Waals surface area contributed by atoms with Crippen LogP contribution in [0.5, 0.6) is 5.75 Å². The number of carbonyl (C=O) groups is 2. The molecule has 0 fully saturated rings. The van der Waals surface area contributed by atoms with Crippen LogP contribution in [0.2, 0.25) is 5.02 Å². The summed E-state index contributed by atoms with van der Waals surface area (Å²) in [5, 5.41) is 13.7. The Hall–Kier alpha value is -0.750. The average molecular weight is 278 g/mol. The molecule has 1 N–H and O–H groups in total. The number of carbonyl (C=O) groups excluding carboxylic acids is 2. The minimum absolute atomic E-state index is 0. The molecular formula is C11H9ClNNaO4. The minimum atomic E-state index is -1.35. The number of anilines is 1. The van der Waals surface area contributed by atoms with Gasteiger partial charge in [-0.2, -0.15) is 0 Å². The van der Waals surface area contributed by atoms with Crippen molar-refractivity contribution in [2.24, 2.45) is 0 Å². The van der Waals surface area contributed by atoms with E-state index in [1.807, 2.05) is 0 Å². The van der Waals surface area contributed by atoms with Crippen LogP contribution in [0.25, 0.3) is 0 Å². The normalized spacial score (nSPS) is 12.1. The number of aromatic carboxylic acids is 1. The molecular weight excluding hydrogens is 269 g/mol. The van der Waals surface area contributed by atoms with Gasteiger partial charge in [-0.1, -0.05) is 11.6 Å². The van der Waals surface area contributed by atoms with Gasteiger partial charge in [-0.15, -0.1) is 0 Å². The number of amides is 1. The van der Waals surface area contributed by atoms with Crippen LogP contribution < -0.4 is 44.7 Å². The molecule has 1 aromatic rings. The Balaban J connectivity index is 0.00000162. The van der Waals surface area contributed by atoms with E-state index in [1.54, 1.807) is 0 Å². The molecule has 1 aliphatic heterocycles. The molecule has 0 saturated carbocycles. The van der Waals surface area contributed by atoms with Gasteiger partial charge >= 0.3 is 29.6 Å². The second-order valence-electron chi connectivity index (χ2n) is 3.66. The molecule has 0 atom stereocenters. The first-order valence-corrected chi connectivity index (χ1v) is 5.35. The third kappa shape index (κ3) is 2.80. The number of fused-ring (bicyclic) bond motifs is 1. The fourth-order valence-corrected chi connectivity index (χ4v) is 2.08. The fraction of sp³-hybridized carbons (Fsp3) is 0.273. The van der Waals surface area contributed by atoms with Crippen LogP contribution in [0.15, 0.2) is 6.07 Å². The summed E-state index contributed by atoms with van der Waals surface area (Å²) in [4.78, 5) is 22.0. The Labute approximate surface area is 131 Å². The summed E-state index contributed by atoms with van der Waals surface area (Å²) in [6.45, 7) is 1.72. The van der Waals surface area contributed by atoms with Crippen molar-refractivity contribution in [3.05, 3.63) is 22.2 Å². The fourth-order valence-electron chi connectivity index (χ4n) is 1.81. The Morgan fingerprint density at radius 3 is 2.72 bits per heavy atom. The average Bonchev–Trinajstić information content (AvgIpc) is 2.69. The third-order valence-electron chi connectivity index (χ3n) is 2.45. The zero-order valence-corrected chi connectivity index (χ0v) is 12.8. The van der Waals surface area contributed by atoms with Crippen molar-refractivity contribution in [1.82, 2.24) is 0 Å². The van der Waals surface area contributed by atoms with Gasteiger partial charge in [0.05, 0.1) is 23.3 Å². The molecule has 0 spiro atoms. The number of nitrogens with one attached hydrogen (secondary N) is 1. The summed E-state index contributed by atoms with van der Waals surface area (Å²) in [7, 11) is 0. The summed E-state index contributed by atoms with van der Waals surface area (Å²) < 4.78 is 5.24. The molecule has 7 heteroatoms. The van der Waals surface area contributed by atoms with Crippen LogP contribution in [-0.2, 0) is 11.2 Å². The van der Waals surface area contributed by atoms with Gasteiger partial charge in [0.15, 0.2) is 0 Å². The van der Waals surface area contributed by atoms with Crippen LogP contribution in [0.1, 0.15) is 22.8 Å². The number of halogens is 1. The van der Waals surface area contributed by atoms with E-state index in [-0.39, 0.29) is 51.8 Å². The zero-order valence-electron chi connectivity index (χ0n) is 10.0. The van der Waals surface area contributed by atoms with Crippen LogP contribution in [0, 0.1) is 0 Å². The number of hydrogen-bond donors (Lipinski definition) is 1. The SMILES string of the molecule is CC(=O)Nc1c(Cl)cc(C(=O)[O-])c2c1CCO2.[Na+]. The number of carboxylic acids is 1. The molecule has 1 amide bonds. The molecule has 1 heterocycles. The van der Waals surface area contributed by atoms with Crippen molar-refractivity contribution in [2.45, 2.75) is 13.3 Å². The monoisotopic (exact) mass is 277 g/mol. The van der Waals surface area contributed by atoms with Gasteiger partial charge in [0.25, 0.3) is 0 Å². The van der Waals surface area contributed by atoms with Gasteiger partial charge in [0.2, 0.25) is 5.91 Å². The van der Waals surface area contributed by atoms with E-state index in [2.05, 4.69) is 5.32 Å². The third-order valence-corrected chi connectivity index (χ3v) is 2.75. The standard InChI is InChI=1S/C11H10ClNO4.Na/c1-5(14)13-9-6-2-3-17-10(6)7(11(15)16)4-8(9)12;/h4H,2-3H2,1H3,(H,13,14)(H,15,16);/q;+1/p-1. The van der Waals surface area contributed by atoms with E-state index in [1.165, 1.54) is 13.0 Å². The summed E-state index contributed by atoms with van der Waals surface area (Å²) in [6, 6.07) is 1.23.